The molecule has 7 nitrogen and oxygen atoms in total. The average Bonchev–Trinajstić information content (AvgIpc) is 2.55. The summed E-state index contributed by atoms with van der Waals surface area (Å²) in [6.45, 7) is 2.15. The number of benzene rings is 2. The van der Waals surface area contributed by atoms with Crippen LogP contribution in [0.25, 0.3) is 10.8 Å². The Hall–Kier alpha value is -3.09. The lowest BCUT2D eigenvalue weighted by atomic mass is 9.92. The van der Waals surface area contributed by atoms with Gasteiger partial charge in [0, 0.05) is 29.7 Å². The molecule has 0 unspecified atom stereocenters. The zero-order valence-electron chi connectivity index (χ0n) is 13.9. The number of carbonyl (C=O) groups excluding carboxylic acids is 3. The number of anilines is 2. The van der Waals surface area contributed by atoms with Crippen LogP contribution < -0.4 is 11.5 Å². The molecular formula is C18H19N3O4. The van der Waals surface area contributed by atoms with Gasteiger partial charge in [0.25, 0.3) is 11.8 Å². The summed E-state index contributed by atoms with van der Waals surface area (Å²) >= 11 is 0. The van der Waals surface area contributed by atoms with Gasteiger partial charge in [0.15, 0.2) is 0 Å². The summed E-state index contributed by atoms with van der Waals surface area (Å²) in [5.41, 5.74) is 13.4. The van der Waals surface area contributed by atoms with E-state index >= 15 is 0 Å². The van der Waals surface area contributed by atoms with Crippen molar-refractivity contribution < 1.29 is 19.1 Å². The first-order chi connectivity index (χ1) is 11.9. The summed E-state index contributed by atoms with van der Waals surface area (Å²) in [5, 5.41) is 1.23. The smallest absolute Gasteiger partial charge is 0.305 e. The second kappa shape index (κ2) is 6.43. The lowest BCUT2D eigenvalue weighted by Gasteiger charge is -2.27. The molecule has 130 valence electrons. The molecule has 2 amide bonds. The molecule has 0 bridgehead atoms. The molecule has 0 saturated heterocycles. The van der Waals surface area contributed by atoms with Gasteiger partial charge < -0.3 is 16.2 Å². The molecule has 0 aliphatic carbocycles. The van der Waals surface area contributed by atoms with Crippen LogP contribution in [0.15, 0.2) is 24.3 Å². The first-order valence-corrected chi connectivity index (χ1v) is 8.07. The second-order valence-corrected chi connectivity index (χ2v) is 5.91. The predicted molar refractivity (Wildman–Crippen MR) is 94.0 cm³/mol. The average molecular weight is 341 g/mol. The van der Waals surface area contributed by atoms with Gasteiger partial charge in [-0.3, -0.25) is 19.3 Å². The Labute approximate surface area is 144 Å². The fourth-order valence-electron chi connectivity index (χ4n) is 3.10. The molecule has 0 saturated carbocycles. The number of carbonyl (C=O) groups is 3. The third kappa shape index (κ3) is 3.00. The van der Waals surface area contributed by atoms with E-state index in [-0.39, 0.29) is 18.9 Å². The maximum atomic E-state index is 12.8. The van der Waals surface area contributed by atoms with E-state index in [9.17, 15) is 14.4 Å². The van der Waals surface area contributed by atoms with Crippen molar-refractivity contribution in [3.8, 4) is 0 Å². The molecule has 25 heavy (non-hydrogen) atoms. The number of ether oxygens (including phenoxy) is 1. The third-order valence-corrected chi connectivity index (χ3v) is 4.11. The lowest BCUT2D eigenvalue weighted by Crippen LogP contribution is -2.41. The Morgan fingerprint density at radius 1 is 1.04 bits per heavy atom. The van der Waals surface area contributed by atoms with Crippen molar-refractivity contribution >= 4 is 39.9 Å². The van der Waals surface area contributed by atoms with Crippen LogP contribution in [0.1, 0.15) is 40.5 Å². The molecule has 4 N–H and O–H groups in total. The van der Waals surface area contributed by atoms with Crippen molar-refractivity contribution in [1.82, 2.24) is 4.90 Å². The van der Waals surface area contributed by atoms with Gasteiger partial charge in [0.05, 0.1) is 17.7 Å². The maximum absolute atomic E-state index is 12.8. The van der Waals surface area contributed by atoms with Crippen LogP contribution in [0.2, 0.25) is 0 Å². The Morgan fingerprint density at radius 3 is 2.12 bits per heavy atom. The Bertz CT molecular complexity index is 835. The Kier molecular flexibility index (Phi) is 4.31. The summed E-state index contributed by atoms with van der Waals surface area (Å²) in [4.78, 5) is 38.1. The zero-order valence-corrected chi connectivity index (χ0v) is 13.9. The van der Waals surface area contributed by atoms with Crippen LogP contribution in [0, 0.1) is 0 Å². The topological polar surface area (TPSA) is 116 Å². The van der Waals surface area contributed by atoms with Crippen molar-refractivity contribution in [2.75, 3.05) is 24.6 Å². The van der Waals surface area contributed by atoms with Gasteiger partial charge in [-0.05, 0) is 43.0 Å². The molecule has 0 atom stereocenters. The standard InChI is InChI=1S/C18H19N3O4/c1-2-25-15(22)4-3-5-21-17(23)13-8-11(19)6-10-7-12(20)9-14(16(10)13)18(21)24/h6-9H,2-5,19-20H2,1H3. The normalized spacial score (nSPS) is 13.4. The monoisotopic (exact) mass is 341 g/mol. The molecular weight excluding hydrogens is 322 g/mol. The molecule has 1 aliphatic rings. The summed E-state index contributed by atoms with van der Waals surface area (Å²) in [7, 11) is 0. The molecule has 0 spiro atoms. The summed E-state index contributed by atoms with van der Waals surface area (Å²) in [6, 6.07) is 6.51. The largest absolute Gasteiger partial charge is 0.466 e. The quantitative estimate of drug-likeness (QED) is 0.488. The van der Waals surface area contributed by atoms with Crippen molar-refractivity contribution in [3.05, 3.63) is 35.4 Å². The molecule has 2 aromatic rings. The number of esters is 1. The third-order valence-electron chi connectivity index (χ3n) is 4.11. The van der Waals surface area contributed by atoms with Gasteiger partial charge in [0.1, 0.15) is 0 Å². The minimum absolute atomic E-state index is 0.126. The van der Waals surface area contributed by atoms with Crippen LogP contribution in [0.3, 0.4) is 0 Å². The molecule has 1 heterocycles. The van der Waals surface area contributed by atoms with E-state index in [4.69, 9.17) is 16.2 Å². The van der Waals surface area contributed by atoms with E-state index in [1.54, 1.807) is 31.2 Å². The van der Waals surface area contributed by atoms with E-state index in [1.807, 2.05) is 0 Å². The SMILES string of the molecule is CCOC(=O)CCCN1C(=O)c2cc(N)cc3cc(N)cc(c23)C1=O. The number of rotatable bonds is 5. The Morgan fingerprint density at radius 2 is 1.60 bits per heavy atom. The molecule has 0 fully saturated rings. The van der Waals surface area contributed by atoms with Crippen LogP contribution in [-0.4, -0.2) is 35.8 Å². The van der Waals surface area contributed by atoms with Crippen LogP contribution in [-0.2, 0) is 9.53 Å². The van der Waals surface area contributed by atoms with Gasteiger partial charge in [0.2, 0.25) is 0 Å². The minimum atomic E-state index is -0.413. The van der Waals surface area contributed by atoms with Gasteiger partial charge in [-0.2, -0.15) is 0 Å². The molecule has 0 radical (unpaired) electrons. The fourth-order valence-corrected chi connectivity index (χ4v) is 3.10. The highest BCUT2D eigenvalue weighted by Gasteiger charge is 2.33. The highest BCUT2D eigenvalue weighted by molar-refractivity contribution is 6.26. The number of nitrogens with zero attached hydrogens (tertiary/aromatic N) is 1. The van der Waals surface area contributed by atoms with Crippen molar-refractivity contribution in [3.63, 3.8) is 0 Å². The van der Waals surface area contributed by atoms with Crippen molar-refractivity contribution in [2.24, 2.45) is 0 Å². The highest BCUT2D eigenvalue weighted by Crippen LogP contribution is 2.33. The predicted octanol–water partition coefficient (Wildman–Crippen LogP) is 1.94. The lowest BCUT2D eigenvalue weighted by molar-refractivity contribution is -0.143. The number of hydrogen-bond donors (Lipinski definition) is 2. The summed E-state index contributed by atoms with van der Waals surface area (Å²) < 4.78 is 4.86. The van der Waals surface area contributed by atoms with Gasteiger partial charge in [-0.1, -0.05) is 0 Å². The van der Waals surface area contributed by atoms with Gasteiger partial charge in [-0.25, -0.2) is 0 Å². The molecule has 2 aromatic carbocycles. The van der Waals surface area contributed by atoms with E-state index in [1.165, 1.54) is 0 Å². The van der Waals surface area contributed by atoms with Crippen molar-refractivity contribution in [1.29, 1.82) is 0 Å². The first-order valence-electron chi connectivity index (χ1n) is 8.07. The minimum Gasteiger partial charge on any atom is -0.466 e. The van der Waals surface area contributed by atoms with Crippen LogP contribution in [0.5, 0.6) is 0 Å². The fraction of sp³-hybridized carbons (Fsp3) is 0.278. The molecule has 0 aromatic heterocycles. The first kappa shape index (κ1) is 16.8. The highest BCUT2D eigenvalue weighted by atomic mass is 16.5. The van der Waals surface area contributed by atoms with Crippen LogP contribution >= 0.6 is 0 Å². The second-order valence-electron chi connectivity index (χ2n) is 5.91. The van der Waals surface area contributed by atoms with E-state index < -0.39 is 11.8 Å². The number of imide groups is 1. The number of nitrogen functional groups attached to an aromatic ring is 2. The van der Waals surface area contributed by atoms with Gasteiger partial charge in [-0.15, -0.1) is 0 Å². The Balaban J connectivity index is 1.94. The molecule has 1 aliphatic heterocycles. The van der Waals surface area contributed by atoms with E-state index in [0.29, 0.717) is 46.3 Å². The van der Waals surface area contributed by atoms with Crippen molar-refractivity contribution in [2.45, 2.75) is 19.8 Å². The van der Waals surface area contributed by atoms with E-state index in [0.717, 1.165) is 4.90 Å². The molecule has 3 rings (SSSR count). The number of amides is 2. The maximum Gasteiger partial charge on any atom is 0.305 e. The molecule has 7 heteroatoms. The number of nitrogens with two attached hydrogens (primary N) is 2. The summed E-state index contributed by atoms with van der Waals surface area (Å²) in [5.74, 6) is -1.18. The van der Waals surface area contributed by atoms with E-state index in [2.05, 4.69) is 0 Å². The zero-order chi connectivity index (χ0) is 18.1. The van der Waals surface area contributed by atoms with Crippen LogP contribution in [0.4, 0.5) is 11.4 Å². The number of hydrogen-bond acceptors (Lipinski definition) is 6. The van der Waals surface area contributed by atoms with Gasteiger partial charge >= 0.3 is 5.97 Å². The summed E-state index contributed by atoms with van der Waals surface area (Å²) in [6.07, 6.45) is 0.473.